The van der Waals surface area contributed by atoms with Gasteiger partial charge >= 0.3 is 0 Å². The van der Waals surface area contributed by atoms with Crippen LogP contribution in [0.3, 0.4) is 0 Å². The molecule has 0 unspecified atom stereocenters. The first-order valence-corrected chi connectivity index (χ1v) is 3.24. The second-order valence-electron chi connectivity index (χ2n) is 2.60. The maximum atomic E-state index is 9.09. The van der Waals surface area contributed by atoms with Crippen molar-refractivity contribution < 1.29 is 10.2 Å². The summed E-state index contributed by atoms with van der Waals surface area (Å²) in [5.41, 5.74) is 0.861. The second kappa shape index (κ2) is 2.50. The van der Waals surface area contributed by atoms with Gasteiger partial charge in [0.15, 0.2) is 0 Å². The molecule has 0 heterocycles. The highest BCUT2D eigenvalue weighted by Crippen LogP contribution is 2.21. The van der Waals surface area contributed by atoms with Crippen molar-refractivity contribution in [2.75, 3.05) is 0 Å². The van der Waals surface area contributed by atoms with Gasteiger partial charge in [-0.1, -0.05) is 6.58 Å². The van der Waals surface area contributed by atoms with Gasteiger partial charge in [0.2, 0.25) is 0 Å². The van der Waals surface area contributed by atoms with Crippen molar-refractivity contribution in [3.8, 4) is 0 Å². The number of aliphatic hydroxyl groups is 2. The van der Waals surface area contributed by atoms with Gasteiger partial charge in [-0.15, -0.1) is 0 Å². The Kier molecular flexibility index (Phi) is 1.88. The number of hydrogen-bond acceptors (Lipinski definition) is 2. The predicted octanol–water partition coefficient (Wildman–Crippen LogP) is 0.448. The fourth-order valence-corrected chi connectivity index (χ4v) is 1.06. The van der Waals surface area contributed by atoms with Crippen LogP contribution < -0.4 is 0 Å². The molecule has 1 fully saturated rings. The maximum absolute atomic E-state index is 9.09. The molecule has 2 N–H and O–H groups in total. The van der Waals surface area contributed by atoms with Crippen LogP contribution in [0.2, 0.25) is 0 Å². The summed E-state index contributed by atoms with van der Waals surface area (Å²) in [5.74, 6) is 0. The first-order valence-electron chi connectivity index (χ1n) is 3.24. The van der Waals surface area contributed by atoms with Crippen molar-refractivity contribution in [3.63, 3.8) is 0 Å². The van der Waals surface area contributed by atoms with Crippen molar-refractivity contribution in [1.29, 1.82) is 0 Å². The molecule has 0 spiro atoms. The van der Waals surface area contributed by atoms with E-state index in [0.717, 1.165) is 18.4 Å². The van der Waals surface area contributed by atoms with Crippen LogP contribution in [0.15, 0.2) is 12.2 Å². The SMILES string of the molecule is C=C1CC[C@H](O)C[C@H]1O. The lowest BCUT2D eigenvalue weighted by Gasteiger charge is -2.23. The van der Waals surface area contributed by atoms with Crippen LogP contribution in [0.5, 0.6) is 0 Å². The zero-order valence-electron chi connectivity index (χ0n) is 5.38. The molecule has 0 aromatic heterocycles. The summed E-state index contributed by atoms with van der Waals surface area (Å²) in [6, 6.07) is 0. The molecule has 2 atom stereocenters. The van der Waals surface area contributed by atoms with E-state index >= 15 is 0 Å². The molecule has 0 aromatic rings. The van der Waals surface area contributed by atoms with E-state index in [2.05, 4.69) is 6.58 Å². The minimum atomic E-state index is -0.464. The van der Waals surface area contributed by atoms with Crippen molar-refractivity contribution in [1.82, 2.24) is 0 Å². The molecule has 0 amide bonds. The summed E-state index contributed by atoms with van der Waals surface area (Å²) in [6.07, 6.45) is 1.22. The fourth-order valence-electron chi connectivity index (χ4n) is 1.06. The van der Waals surface area contributed by atoms with E-state index in [-0.39, 0.29) is 6.10 Å². The Bertz CT molecular complexity index is 120. The van der Waals surface area contributed by atoms with Crippen molar-refractivity contribution >= 4 is 0 Å². The monoisotopic (exact) mass is 128 g/mol. The quantitative estimate of drug-likeness (QED) is 0.465. The molecule has 0 radical (unpaired) electrons. The smallest absolute Gasteiger partial charge is 0.0772 e. The third-order valence-electron chi connectivity index (χ3n) is 1.77. The lowest BCUT2D eigenvalue weighted by Crippen LogP contribution is -2.24. The summed E-state index contributed by atoms with van der Waals surface area (Å²) >= 11 is 0. The van der Waals surface area contributed by atoms with Crippen molar-refractivity contribution in [2.24, 2.45) is 0 Å². The van der Waals surface area contributed by atoms with E-state index in [1.54, 1.807) is 0 Å². The molecule has 0 saturated heterocycles. The Hall–Kier alpha value is -0.340. The highest BCUT2D eigenvalue weighted by atomic mass is 16.3. The zero-order valence-corrected chi connectivity index (χ0v) is 5.38. The van der Waals surface area contributed by atoms with Crippen LogP contribution in [0.4, 0.5) is 0 Å². The predicted molar refractivity (Wildman–Crippen MR) is 35.0 cm³/mol. The van der Waals surface area contributed by atoms with Gasteiger partial charge in [-0.3, -0.25) is 0 Å². The minimum Gasteiger partial charge on any atom is -0.393 e. The first-order chi connectivity index (χ1) is 4.20. The molecular formula is C7H12O2. The molecule has 0 bridgehead atoms. The zero-order chi connectivity index (χ0) is 6.85. The van der Waals surface area contributed by atoms with Gasteiger partial charge in [-0.25, -0.2) is 0 Å². The number of hydrogen-bond donors (Lipinski definition) is 2. The lowest BCUT2D eigenvalue weighted by molar-refractivity contribution is 0.0715. The molecule has 1 aliphatic rings. The summed E-state index contributed by atoms with van der Waals surface area (Å²) < 4.78 is 0. The maximum Gasteiger partial charge on any atom is 0.0772 e. The van der Waals surface area contributed by atoms with Gasteiger partial charge in [0.25, 0.3) is 0 Å². The van der Waals surface area contributed by atoms with Gasteiger partial charge in [0.1, 0.15) is 0 Å². The highest BCUT2D eigenvalue weighted by molar-refractivity contribution is 5.05. The Balaban J connectivity index is 2.44. The first kappa shape index (κ1) is 6.78. The van der Waals surface area contributed by atoms with Crippen LogP contribution in [-0.2, 0) is 0 Å². The Morgan fingerprint density at radius 2 is 2.11 bits per heavy atom. The van der Waals surface area contributed by atoms with E-state index in [0.29, 0.717) is 6.42 Å². The molecule has 2 nitrogen and oxygen atoms in total. The third kappa shape index (κ3) is 1.53. The van der Waals surface area contributed by atoms with Crippen molar-refractivity contribution in [3.05, 3.63) is 12.2 Å². The largest absolute Gasteiger partial charge is 0.393 e. The lowest BCUT2D eigenvalue weighted by atomic mass is 9.91. The van der Waals surface area contributed by atoms with E-state index < -0.39 is 6.10 Å². The second-order valence-corrected chi connectivity index (χ2v) is 2.60. The van der Waals surface area contributed by atoms with Crippen LogP contribution in [-0.4, -0.2) is 22.4 Å². The molecule has 2 heteroatoms. The van der Waals surface area contributed by atoms with Crippen LogP contribution in [0, 0.1) is 0 Å². The Labute approximate surface area is 54.8 Å². The molecule has 0 aliphatic heterocycles. The molecule has 1 rings (SSSR count). The summed E-state index contributed by atoms with van der Waals surface area (Å²) in [4.78, 5) is 0. The van der Waals surface area contributed by atoms with E-state index in [1.807, 2.05) is 0 Å². The van der Waals surface area contributed by atoms with E-state index in [1.165, 1.54) is 0 Å². The van der Waals surface area contributed by atoms with Crippen molar-refractivity contribution in [2.45, 2.75) is 31.5 Å². The van der Waals surface area contributed by atoms with Gasteiger partial charge in [0.05, 0.1) is 12.2 Å². The summed E-state index contributed by atoms with van der Waals surface area (Å²) in [6.45, 7) is 3.67. The van der Waals surface area contributed by atoms with Gasteiger partial charge in [0, 0.05) is 6.42 Å². The van der Waals surface area contributed by atoms with E-state index in [9.17, 15) is 0 Å². The molecule has 1 aliphatic carbocycles. The van der Waals surface area contributed by atoms with Gasteiger partial charge in [-0.05, 0) is 18.4 Å². The molecule has 1 saturated carbocycles. The van der Waals surface area contributed by atoms with Crippen LogP contribution >= 0.6 is 0 Å². The number of aliphatic hydroxyl groups excluding tert-OH is 2. The summed E-state index contributed by atoms with van der Waals surface area (Å²) in [5, 5.41) is 18.1. The minimum absolute atomic E-state index is 0.314. The fraction of sp³-hybridized carbons (Fsp3) is 0.714. The Morgan fingerprint density at radius 1 is 1.44 bits per heavy atom. The Morgan fingerprint density at radius 3 is 2.56 bits per heavy atom. The highest BCUT2D eigenvalue weighted by Gasteiger charge is 2.20. The van der Waals surface area contributed by atoms with Crippen LogP contribution in [0.25, 0.3) is 0 Å². The van der Waals surface area contributed by atoms with Gasteiger partial charge < -0.3 is 10.2 Å². The molecule has 9 heavy (non-hydrogen) atoms. The standard InChI is InChI=1S/C7H12O2/c1-5-2-3-6(8)4-7(5)9/h6-9H,1-4H2/t6-,7+/m0/s1. The summed E-state index contributed by atoms with van der Waals surface area (Å²) in [7, 11) is 0. The molecular weight excluding hydrogens is 116 g/mol. The third-order valence-corrected chi connectivity index (χ3v) is 1.77. The number of rotatable bonds is 0. The average molecular weight is 128 g/mol. The normalized spacial score (nSPS) is 36.9. The molecule has 0 aromatic carbocycles. The van der Waals surface area contributed by atoms with Crippen LogP contribution in [0.1, 0.15) is 19.3 Å². The average Bonchev–Trinajstić information content (AvgIpc) is 1.80. The molecule has 52 valence electrons. The van der Waals surface area contributed by atoms with Gasteiger partial charge in [-0.2, -0.15) is 0 Å². The topological polar surface area (TPSA) is 40.5 Å². The van der Waals surface area contributed by atoms with E-state index in [4.69, 9.17) is 10.2 Å².